The fourth-order valence-electron chi connectivity index (χ4n) is 4.93. The van der Waals surface area contributed by atoms with E-state index in [0.29, 0.717) is 18.4 Å². The zero-order chi connectivity index (χ0) is 23.6. The average molecular weight is 566 g/mol. The molecule has 1 fully saturated rings. The topological polar surface area (TPSA) is 49.8 Å². The molecule has 0 radical (unpaired) electrons. The first-order valence-corrected chi connectivity index (χ1v) is 14.8. The Hall–Kier alpha value is -1.38. The van der Waals surface area contributed by atoms with Gasteiger partial charge in [0.25, 0.3) is 8.32 Å². The minimum Gasteiger partial charge on any atom is -0.444 e. The van der Waals surface area contributed by atoms with E-state index >= 15 is 0 Å². The van der Waals surface area contributed by atoms with Gasteiger partial charge in [0.05, 0.1) is 0 Å². The molecule has 174 valence electrons. The van der Waals surface area contributed by atoms with Crippen LogP contribution in [0.25, 0.3) is 0 Å². The predicted octanol–water partition coefficient (Wildman–Crippen LogP) is 4.83. The summed E-state index contributed by atoms with van der Waals surface area (Å²) in [7, 11) is -3.06. The fourth-order valence-corrected chi connectivity index (χ4v) is 9.73. The lowest BCUT2D eigenvalue weighted by Gasteiger charge is -2.43. The van der Waals surface area contributed by atoms with Gasteiger partial charge in [0, 0.05) is 17.5 Å². The second kappa shape index (κ2) is 9.85. The molecule has 1 amide bonds. The van der Waals surface area contributed by atoms with Gasteiger partial charge in [-0.1, -0.05) is 97.1 Å². The third-order valence-electron chi connectivity index (χ3n) is 6.56. The van der Waals surface area contributed by atoms with Crippen LogP contribution in [0.4, 0.5) is 4.79 Å². The summed E-state index contributed by atoms with van der Waals surface area (Å²) in [5.74, 6) is 0.716. The van der Waals surface area contributed by atoms with Crippen molar-refractivity contribution in [2.45, 2.75) is 51.7 Å². The number of hydrogen-bond acceptors (Lipinski definition) is 3. The van der Waals surface area contributed by atoms with E-state index in [1.54, 1.807) is 0 Å². The first kappa shape index (κ1) is 25.2. The number of benzene rings is 2. The number of carbonyl (C=O) groups excluding carboxylic acids is 1. The number of ether oxygens (including phenoxy) is 1. The van der Waals surface area contributed by atoms with Crippen molar-refractivity contribution in [3.8, 4) is 0 Å². The first-order valence-electron chi connectivity index (χ1n) is 11.4. The van der Waals surface area contributed by atoms with Crippen LogP contribution in [0.15, 0.2) is 60.7 Å². The molecule has 32 heavy (non-hydrogen) atoms. The van der Waals surface area contributed by atoms with Gasteiger partial charge in [0.1, 0.15) is 5.60 Å². The molecule has 1 aliphatic heterocycles. The number of halogens is 1. The minimum atomic E-state index is -3.06. The predicted molar refractivity (Wildman–Crippen MR) is 142 cm³/mol. The number of hydrogen-bond donors (Lipinski definition) is 1. The van der Waals surface area contributed by atoms with E-state index in [1.165, 1.54) is 0 Å². The van der Waals surface area contributed by atoms with E-state index in [0.717, 1.165) is 27.8 Å². The van der Waals surface area contributed by atoms with E-state index in [2.05, 4.69) is 60.7 Å². The largest absolute Gasteiger partial charge is 0.444 e. The molecule has 2 unspecified atom stereocenters. The van der Waals surface area contributed by atoms with E-state index in [1.807, 2.05) is 62.1 Å². The molecule has 0 aliphatic carbocycles. The lowest BCUT2D eigenvalue weighted by Crippen LogP contribution is -2.65. The second-order valence-electron chi connectivity index (χ2n) is 10.6. The number of carbonyl (C=O) groups is 1. The summed E-state index contributed by atoms with van der Waals surface area (Å²) in [6.07, 6.45) is 0.623. The molecule has 2 aromatic rings. The maximum Gasteiger partial charge on any atom is 0.410 e. The number of rotatable bonds is 6. The standard InChI is InChI=1S/C26H36INO3Si/c1-25(2,3)31-24(29)28-18-20(21(17-27)19-28)16-26(4,5)32(30,22-12-8-6-9-13-22)23-14-10-7-11-15-23/h6-15,20-21,30H,16-19H2,1-5H3. The Bertz CT molecular complexity index is 859. The Kier molecular flexibility index (Phi) is 7.77. The van der Waals surface area contributed by atoms with Gasteiger partial charge in [-0.05, 0) is 54.4 Å². The molecule has 0 saturated carbocycles. The third kappa shape index (κ3) is 5.39. The summed E-state index contributed by atoms with van der Waals surface area (Å²) in [6.45, 7) is 11.5. The van der Waals surface area contributed by atoms with Gasteiger partial charge >= 0.3 is 6.09 Å². The molecular weight excluding hydrogens is 529 g/mol. The highest BCUT2D eigenvalue weighted by Gasteiger charge is 2.52. The number of alkyl halides is 1. The van der Waals surface area contributed by atoms with Crippen molar-refractivity contribution in [2.24, 2.45) is 11.8 Å². The number of amides is 1. The summed E-state index contributed by atoms with van der Waals surface area (Å²) in [4.78, 5) is 27.1. The molecule has 0 aromatic heterocycles. The lowest BCUT2D eigenvalue weighted by molar-refractivity contribution is 0.0284. The fraction of sp³-hybridized carbons (Fsp3) is 0.500. The van der Waals surface area contributed by atoms with Crippen LogP contribution in [-0.2, 0) is 4.74 Å². The summed E-state index contributed by atoms with van der Waals surface area (Å²) < 4.78 is 6.62. The van der Waals surface area contributed by atoms with Crippen molar-refractivity contribution in [1.82, 2.24) is 4.90 Å². The van der Waals surface area contributed by atoms with E-state index in [4.69, 9.17) is 4.74 Å². The summed E-state index contributed by atoms with van der Waals surface area (Å²) >= 11 is 2.43. The maximum atomic E-state index is 12.7. The van der Waals surface area contributed by atoms with Crippen LogP contribution >= 0.6 is 22.6 Å². The average Bonchev–Trinajstić information content (AvgIpc) is 3.15. The quantitative estimate of drug-likeness (QED) is 0.310. The summed E-state index contributed by atoms with van der Waals surface area (Å²) in [6, 6.07) is 20.3. The molecule has 0 bridgehead atoms. The van der Waals surface area contributed by atoms with Gasteiger partial charge in [-0.25, -0.2) is 4.79 Å². The Morgan fingerprint density at radius 2 is 1.44 bits per heavy atom. The molecule has 1 aliphatic rings. The van der Waals surface area contributed by atoms with Gasteiger partial charge in [0.15, 0.2) is 0 Å². The maximum absolute atomic E-state index is 12.7. The van der Waals surface area contributed by atoms with Crippen LogP contribution in [0.5, 0.6) is 0 Å². The highest BCUT2D eigenvalue weighted by atomic mass is 127. The van der Waals surface area contributed by atoms with Crippen LogP contribution in [-0.4, -0.2) is 47.2 Å². The minimum absolute atomic E-state index is 0.230. The Morgan fingerprint density at radius 1 is 0.969 bits per heavy atom. The number of likely N-dealkylation sites (tertiary alicyclic amines) is 1. The zero-order valence-electron chi connectivity index (χ0n) is 19.8. The normalized spacial score (nSPS) is 19.8. The van der Waals surface area contributed by atoms with Crippen molar-refractivity contribution in [3.63, 3.8) is 0 Å². The van der Waals surface area contributed by atoms with E-state index in [9.17, 15) is 9.59 Å². The highest BCUT2D eigenvalue weighted by molar-refractivity contribution is 14.1. The highest BCUT2D eigenvalue weighted by Crippen LogP contribution is 2.45. The lowest BCUT2D eigenvalue weighted by atomic mass is 9.89. The van der Waals surface area contributed by atoms with Gasteiger partial charge in [-0.2, -0.15) is 0 Å². The van der Waals surface area contributed by atoms with E-state index < -0.39 is 13.9 Å². The molecule has 1 saturated heterocycles. The Balaban J connectivity index is 1.90. The molecule has 3 rings (SSSR count). The smallest absolute Gasteiger partial charge is 0.410 e. The van der Waals surface area contributed by atoms with E-state index in [-0.39, 0.29) is 11.1 Å². The Labute approximate surface area is 207 Å². The van der Waals surface area contributed by atoms with Crippen molar-refractivity contribution in [1.29, 1.82) is 0 Å². The van der Waals surface area contributed by atoms with Crippen LogP contribution < -0.4 is 10.4 Å². The Morgan fingerprint density at radius 3 is 1.88 bits per heavy atom. The van der Waals surface area contributed by atoms with Crippen LogP contribution in [0.1, 0.15) is 41.0 Å². The molecule has 4 nitrogen and oxygen atoms in total. The monoisotopic (exact) mass is 565 g/mol. The molecule has 2 atom stereocenters. The molecule has 2 aromatic carbocycles. The van der Waals surface area contributed by atoms with Crippen LogP contribution in [0, 0.1) is 11.8 Å². The van der Waals surface area contributed by atoms with Crippen molar-refractivity contribution >= 4 is 47.4 Å². The SMILES string of the molecule is CC(C)(C)OC(=O)N1CC(CI)C(CC(C)(C)[Si](O)(c2ccccc2)c2ccccc2)C1. The molecular formula is C26H36INO3Si. The van der Waals surface area contributed by atoms with Gasteiger partial charge in [0.2, 0.25) is 0 Å². The van der Waals surface area contributed by atoms with Gasteiger partial charge < -0.3 is 14.4 Å². The van der Waals surface area contributed by atoms with Gasteiger partial charge in [-0.3, -0.25) is 0 Å². The molecule has 1 heterocycles. The van der Waals surface area contributed by atoms with Gasteiger partial charge in [-0.15, -0.1) is 0 Å². The summed E-state index contributed by atoms with van der Waals surface area (Å²) in [5.41, 5.74) is -0.498. The molecule has 6 heteroatoms. The zero-order valence-corrected chi connectivity index (χ0v) is 23.0. The first-order chi connectivity index (χ1) is 15.0. The van der Waals surface area contributed by atoms with Crippen LogP contribution in [0.3, 0.4) is 0 Å². The molecule has 0 spiro atoms. The second-order valence-corrected chi connectivity index (χ2v) is 15.4. The summed E-state index contributed by atoms with van der Waals surface area (Å²) in [5, 5.41) is 1.74. The van der Waals surface area contributed by atoms with Crippen molar-refractivity contribution in [3.05, 3.63) is 60.7 Å². The third-order valence-corrected chi connectivity index (χ3v) is 12.2. The molecule has 1 N–H and O–H groups in total. The van der Waals surface area contributed by atoms with Crippen LogP contribution in [0.2, 0.25) is 5.04 Å². The van der Waals surface area contributed by atoms with Crippen molar-refractivity contribution < 1.29 is 14.3 Å². The van der Waals surface area contributed by atoms with Crippen molar-refractivity contribution in [2.75, 3.05) is 17.5 Å². The number of nitrogens with zero attached hydrogens (tertiary/aromatic N) is 1.